The van der Waals surface area contributed by atoms with E-state index in [0.717, 1.165) is 11.1 Å². The number of hydrogen-bond acceptors (Lipinski definition) is 6. The number of halogens is 2. The maximum Gasteiger partial charge on any atom is 0.387 e. The SMILES string of the molecule is CCOCCCn1c(=O)c2ccccc2n2c(SC(C)c3ccc(OC(F)F)cc3)nnc12. The Labute approximate surface area is 193 Å². The summed E-state index contributed by atoms with van der Waals surface area (Å²) < 4.78 is 38.2. The zero-order valence-electron chi connectivity index (χ0n) is 18.3. The molecule has 2 aromatic carbocycles. The fourth-order valence-electron chi connectivity index (χ4n) is 3.63. The lowest BCUT2D eigenvalue weighted by Gasteiger charge is -2.14. The molecular weight excluding hydrogens is 450 g/mol. The van der Waals surface area contributed by atoms with E-state index in [2.05, 4.69) is 14.9 Å². The number of thioether (sulfide) groups is 1. The van der Waals surface area contributed by atoms with Gasteiger partial charge >= 0.3 is 6.61 Å². The van der Waals surface area contributed by atoms with Crippen LogP contribution in [0.2, 0.25) is 0 Å². The molecule has 174 valence electrons. The van der Waals surface area contributed by atoms with Crippen LogP contribution >= 0.6 is 11.8 Å². The number of aromatic nitrogens is 4. The minimum absolute atomic E-state index is 0.0462. The number of hydrogen-bond donors (Lipinski definition) is 0. The van der Waals surface area contributed by atoms with Crippen LogP contribution in [0.15, 0.2) is 58.5 Å². The van der Waals surface area contributed by atoms with E-state index in [1.165, 1.54) is 23.9 Å². The number of benzene rings is 2. The second-order valence-electron chi connectivity index (χ2n) is 7.35. The summed E-state index contributed by atoms with van der Waals surface area (Å²) in [7, 11) is 0. The van der Waals surface area contributed by atoms with E-state index < -0.39 is 6.61 Å². The molecule has 0 radical (unpaired) electrons. The molecule has 0 aliphatic rings. The van der Waals surface area contributed by atoms with Gasteiger partial charge in [-0.05, 0) is 50.1 Å². The zero-order chi connectivity index (χ0) is 23.4. The van der Waals surface area contributed by atoms with Gasteiger partial charge in [-0.3, -0.25) is 13.8 Å². The smallest absolute Gasteiger partial charge is 0.387 e. The molecule has 0 bridgehead atoms. The highest BCUT2D eigenvalue weighted by Gasteiger charge is 2.19. The molecule has 0 amide bonds. The Morgan fingerprint density at radius 3 is 2.58 bits per heavy atom. The van der Waals surface area contributed by atoms with Gasteiger partial charge in [0.1, 0.15) is 5.75 Å². The van der Waals surface area contributed by atoms with Gasteiger partial charge in [0.05, 0.1) is 10.9 Å². The Hall–Kier alpha value is -2.98. The molecule has 1 unspecified atom stereocenters. The van der Waals surface area contributed by atoms with Gasteiger partial charge in [-0.2, -0.15) is 8.78 Å². The molecule has 1 atom stereocenters. The number of ether oxygens (including phenoxy) is 2. The third-order valence-corrected chi connectivity index (χ3v) is 6.31. The minimum atomic E-state index is -2.86. The van der Waals surface area contributed by atoms with Crippen molar-refractivity contribution in [2.45, 2.75) is 43.8 Å². The molecule has 0 saturated carbocycles. The summed E-state index contributed by atoms with van der Waals surface area (Å²) in [6, 6.07) is 13.9. The molecule has 0 saturated heterocycles. The highest BCUT2D eigenvalue weighted by molar-refractivity contribution is 7.99. The van der Waals surface area contributed by atoms with Crippen LogP contribution in [-0.2, 0) is 11.3 Å². The van der Waals surface area contributed by atoms with E-state index in [-0.39, 0.29) is 16.6 Å². The fourth-order valence-corrected chi connectivity index (χ4v) is 4.61. The van der Waals surface area contributed by atoms with Gasteiger partial charge < -0.3 is 9.47 Å². The summed E-state index contributed by atoms with van der Waals surface area (Å²) >= 11 is 1.47. The Kier molecular flexibility index (Phi) is 7.24. The van der Waals surface area contributed by atoms with Crippen LogP contribution in [0.1, 0.15) is 31.1 Å². The molecule has 4 aromatic rings. The maximum absolute atomic E-state index is 13.1. The molecular formula is C23H24F2N4O3S. The van der Waals surface area contributed by atoms with Crippen molar-refractivity contribution in [3.8, 4) is 5.75 Å². The molecule has 4 rings (SSSR count). The summed E-state index contributed by atoms with van der Waals surface area (Å²) in [5.41, 5.74) is 1.55. The van der Waals surface area contributed by atoms with E-state index in [9.17, 15) is 13.6 Å². The van der Waals surface area contributed by atoms with E-state index in [0.29, 0.717) is 42.5 Å². The van der Waals surface area contributed by atoms with Crippen molar-refractivity contribution in [3.05, 3.63) is 64.4 Å². The van der Waals surface area contributed by atoms with Gasteiger partial charge in [0, 0.05) is 25.0 Å². The number of rotatable bonds is 10. The van der Waals surface area contributed by atoms with Crippen molar-refractivity contribution < 1.29 is 18.3 Å². The van der Waals surface area contributed by atoms with Gasteiger partial charge in [0.15, 0.2) is 5.16 Å². The third-order valence-electron chi connectivity index (χ3n) is 5.21. The van der Waals surface area contributed by atoms with Crippen molar-refractivity contribution in [1.82, 2.24) is 19.2 Å². The third kappa shape index (κ3) is 5.01. The molecule has 7 nitrogen and oxygen atoms in total. The average Bonchev–Trinajstić information content (AvgIpc) is 3.22. The number of para-hydroxylation sites is 1. The number of nitrogens with zero attached hydrogens (tertiary/aromatic N) is 4. The lowest BCUT2D eigenvalue weighted by Crippen LogP contribution is -2.24. The Morgan fingerprint density at radius 2 is 1.85 bits per heavy atom. The van der Waals surface area contributed by atoms with Gasteiger partial charge in [-0.15, -0.1) is 10.2 Å². The van der Waals surface area contributed by atoms with Gasteiger partial charge in [-0.25, -0.2) is 0 Å². The Balaban J connectivity index is 1.68. The molecule has 0 spiro atoms. The number of fused-ring (bicyclic) bond motifs is 3. The second kappa shape index (κ2) is 10.3. The normalized spacial score (nSPS) is 12.6. The van der Waals surface area contributed by atoms with Crippen molar-refractivity contribution >= 4 is 28.4 Å². The standard InChI is InChI=1S/C23H24F2N4O3S/c1-3-31-14-6-13-28-20(30)18-7-4-5-8-19(18)29-22(28)26-27-23(29)33-15(2)16-9-11-17(12-10-16)32-21(24)25/h4-5,7-12,15,21H,3,6,13-14H2,1-2H3. The summed E-state index contributed by atoms with van der Waals surface area (Å²) in [4.78, 5) is 13.1. The second-order valence-corrected chi connectivity index (χ2v) is 8.66. The van der Waals surface area contributed by atoms with Crippen LogP contribution in [0.5, 0.6) is 5.75 Å². The monoisotopic (exact) mass is 474 g/mol. The fraction of sp³-hybridized carbons (Fsp3) is 0.348. The van der Waals surface area contributed by atoms with E-state index >= 15 is 0 Å². The predicted molar refractivity (Wildman–Crippen MR) is 123 cm³/mol. The highest BCUT2D eigenvalue weighted by atomic mass is 32.2. The van der Waals surface area contributed by atoms with Crippen molar-refractivity contribution in [1.29, 1.82) is 0 Å². The van der Waals surface area contributed by atoms with Crippen LogP contribution in [0.25, 0.3) is 16.7 Å². The molecule has 33 heavy (non-hydrogen) atoms. The molecule has 0 N–H and O–H groups in total. The van der Waals surface area contributed by atoms with Gasteiger partial charge in [-0.1, -0.05) is 36.0 Å². The van der Waals surface area contributed by atoms with Crippen LogP contribution in [0, 0.1) is 0 Å². The van der Waals surface area contributed by atoms with Crippen molar-refractivity contribution in [3.63, 3.8) is 0 Å². The first-order valence-corrected chi connectivity index (χ1v) is 11.5. The zero-order valence-corrected chi connectivity index (χ0v) is 19.1. The molecule has 0 aliphatic carbocycles. The summed E-state index contributed by atoms with van der Waals surface area (Å²) in [5.74, 6) is 0.589. The van der Waals surface area contributed by atoms with Gasteiger partial charge in [0.25, 0.3) is 5.56 Å². The highest BCUT2D eigenvalue weighted by Crippen LogP contribution is 2.35. The van der Waals surface area contributed by atoms with Crippen LogP contribution in [0.4, 0.5) is 8.78 Å². The first kappa shape index (κ1) is 23.2. The van der Waals surface area contributed by atoms with E-state index in [1.807, 2.05) is 36.4 Å². The molecule has 2 heterocycles. The molecule has 10 heteroatoms. The predicted octanol–water partition coefficient (Wildman–Crippen LogP) is 4.93. The summed E-state index contributed by atoms with van der Waals surface area (Å²) in [6.07, 6.45) is 0.681. The molecule has 0 fully saturated rings. The minimum Gasteiger partial charge on any atom is -0.435 e. The molecule has 0 aliphatic heterocycles. The Bertz CT molecular complexity index is 1290. The summed E-state index contributed by atoms with van der Waals surface area (Å²) in [6.45, 7) is 2.72. The Morgan fingerprint density at radius 1 is 1.09 bits per heavy atom. The number of alkyl halides is 2. The maximum atomic E-state index is 13.1. The van der Waals surface area contributed by atoms with Crippen LogP contribution in [0.3, 0.4) is 0 Å². The lowest BCUT2D eigenvalue weighted by molar-refractivity contribution is -0.0498. The van der Waals surface area contributed by atoms with Gasteiger partial charge in [0.2, 0.25) is 5.78 Å². The quantitative estimate of drug-likeness (QED) is 0.240. The molecule has 2 aromatic heterocycles. The number of aryl methyl sites for hydroxylation is 1. The first-order valence-electron chi connectivity index (χ1n) is 10.7. The summed E-state index contributed by atoms with van der Waals surface area (Å²) in [5, 5.41) is 9.89. The van der Waals surface area contributed by atoms with Crippen LogP contribution in [-0.4, -0.2) is 39.0 Å². The van der Waals surface area contributed by atoms with Crippen LogP contribution < -0.4 is 10.3 Å². The van der Waals surface area contributed by atoms with E-state index in [1.54, 1.807) is 22.8 Å². The first-order chi connectivity index (χ1) is 16.0. The average molecular weight is 475 g/mol. The largest absolute Gasteiger partial charge is 0.435 e. The van der Waals surface area contributed by atoms with E-state index in [4.69, 9.17) is 4.74 Å². The topological polar surface area (TPSA) is 70.7 Å². The van der Waals surface area contributed by atoms with Crippen molar-refractivity contribution in [2.75, 3.05) is 13.2 Å². The lowest BCUT2D eigenvalue weighted by atomic mass is 10.2. The van der Waals surface area contributed by atoms with Crippen molar-refractivity contribution in [2.24, 2.45) is 0 Å².